The van der Waals surface area contributed by atoms with Crippen LogP contribution in [0, 0.1) is 0 Å². The van der Waals surface area contributed by atoms with Crippen molar-refractivity contribution in [2.24, 2.45) is 0 Å². The molecular weight excluding hydrogens is 378 g/mol. The van der Waals surface area contributed by atoms with E-state index < -0.39 is 5.60 Å². The number of benzene rings is 2. The molecule has 0 atom stereocenters. The van der Waals surface area contributed by atoms with Crippen molar-refractivity contribution in [3.63, 3.8) is 0 Å². The third kappa shape index (κ3) is 5.98. The molecule has 4 aromatic rings. The average molecular weight is 405 g/mol. The highest BCUT2D eigenvalue weighted by molar-refractivity contribution is 5.86. The summed E-state index contributed by atoms with van der Waals surface area (Å²) in [5, 5.41) is 5.09. The van der Waals surface area contributed by atoms with Crippen LogP contribution in [0.1, 0.15) is 36.7 Å². The maximum Gasteiger partial charge on any atom is 0.407 e. The highest BCUT2D eigenvalue weighted by Gasteiger charge is 2.15. The van der Waals surface area contributed by atoms with Crippen LogP contribution in [-0.4, -0.2) is 34.5 Å². The summed E-state index contributed by atoms with van der Waals surface area (Å²) in [5.74, 6) is 0. The third-order valence-corrected chi connectivity index (χ3v) is 4.42. The van der Waals surface area contributed by atoms with E-state index in [1.54, 1.807) is 0 Å². The smallest absolute Gasteiger partial charge is 0.407 e. The van der Waals surface area contributed by atoms with Crippen molar-refractivity contribution in [2.45, 2.75) is 32.8 Å². The molecule has 156 valence electrons. The van der Waals surface area contributed by atoms with Crippen LogP contribution in [-0.2, 0) is 11.2 Å². The standard InChI is InChI=1S/C15H20N2O2.C9H7NO/c1-15(2,3)19-14(18)17-8-6-11-4-5-12-7-9-16-13(12)10-11;11-6-7-1-2-8-3-4-10-9(8)5-7/h4-5,7,9-10,16H,6,8H2,1-3H3,(H,17,18);1-6,10H. The molecule has 0 aliphatic heterocycles. The molecule has 0 radical (unpaired) electrons. The zero-order valence-corrected chi connectivity index (χ0v) is 17.5. The number of carbonyl (C=O) groups excluding carboxylic acids is 2. The number of H-pyrrole nitrogens is 2. The Hall–Kier alpha value is -3.54. The molecule has 2 heterocycles. The summed E-state index contributed by atoms with van der Waals surface area (Å²) in [7, 11) is 0. The van der Waals surface area contributed by atoms with Gasteiger partial charge in [-0.25, -0.2) is 4.79 Å². The van der Waals surface area contributed by atoms with Gasteiger partial charge in [0, 0.05) is 35.5 Å². The molecule has 30 heavy (non-hydrogen) atoms. The van der Waals surface area contributed by atoms with Gasteiger partial charge >= 0.3 is 6.09 Å². The quantitative estimate of drug-likeness (QED) is 0.407. The van der Waals surface area contributed by atoms with Crippen molar-refractivity contribution in [1.82, 2.24) is 15.3 Å². The summed E-state index contributed by atoms with van der Waals surface area (Å²) in [5.41, 5.74) is 3.57. The van der Waals surface area contributed by atoms with E-state index in [-0.39, 0.29) is 6.09 Å². The lowest BCUT2D eigenvalue weighted by Crippen LogP contribution is -2.33. The number of ether oxygens (including phenoxy) is 1. The molecule has 0 saturated carbocycles. The lowest BCUT2D eigenvalue weighted by molar-refractivity contribution is 0.0528. The fourth-order valence-corrected chi connectivity index (χ4v) is 3.01. The van der Waals surface area contributed by atoms with Gasteiger partial charge in [-0.2, -0.15) is 0 Å². The zero-order chi connectivity index (χ0) is 21.6. The van der Waals surface area contributed by atoms with Gasteiger partial charge in [0.25, 0.3) is 0 Å². The van der Waals surface area contributed by atoms with Crippen molar-refractivity contribution >= 4 is 34.2 Å². The lowest BCUT2D eigenvalue weighted by Gasteiger charge is -2.19. The zero-order valence-electron chi connectivity index (χ0n) is 17.5. The fraction of sp³-hybridized carbons (Fsp3) is 0.250. The summed E-state index contributed by atoms with van der Waals surface area (Å²) < 4.78 is 5.18. The van der Waals surface area contributed by atoms with Crippen molar-refractivity contribution in [2.75, 3.05) is 6.54 Å². The first-order chi connectivity index (χ1) is 14.3. The molecular formula is C24H27N3O3. The summed E-state index contributed by atoms with van der Waals surface area (Å²) in [6.45, 7) is 6.13. The molecule has 0 bridgehead atoms. The van der Waals surface area contributed by atoms with Gasteiger partial charge in [-0.05, 0) is 67.8 Å². The van der Waals surface area contributed by atoms with Gasteiger partial charge < -0.3 is 20.0 Å². The molecule has 0 fully saturated rings. The first-order valence-electron chi connectivity index (χ1n) is 9.89. The molecule has 4 rings (SSSR count). The van der Waals surface area contributed by atoms with Crippen molar-refractivity contribution in [3.8, 4) is 0 Å². The van der Waals surface area contributed by atoms with E-state index in [4.69, 9.17) is 4.74 Å². The minimum Gasteiger partial charge on any atom is -0.444 e. The second-order valence-electron chi connectivity index (χ2n) is 8.02. The van der Waals surface area contributed by atoms with Gasteiger partial charge in [0.1, 0.15) is 11.9 Å². The molecule has 2 aromatic heterocycles. The van der Waals surface area contributed by atoms with Crippen LogP contribution in [0.5, 0.6) is 0 Å². The van der Waals surface area contributed by atoms with E-state index in [9.17, 15) is 9.59 Å². The Morgan fingerprint density at radius 1 is 0.967 bits per heavy atom. The third-order valence-electron chi connectivity index (χ3n) is 4.42. The molecule has 6 nitrogen and oxygen atoms in total. The van der Waals surface area contributed by atoms with E-state index in [0.717, 1.165) is 29.1 Å². The summed E-state index contributed by atoms with van der Waals surface area (Å²) in [6, 6.07) is 15.8. The van der Waals surface area contributed by atoms with Gasteiger partial charge in [0.2, 0.25) is 0 Å². The van der Waals surface area contributed by atoms with Crippen molar-refractivity contribution < 1.29 is 14.3 Å². The fourth-order valence-electron chi connectivity index (χ4n) is 3.01. The van der Waals surface area contributed by atoms with E-state index >= 15 is 0 Å². The Morgan fingerprint density at radius 3 is 2.23 bits per heavy atom. The summed E-state index contributed by atoms with van der Waals surface area (Å²) >= 11 is 0. The maximum absolute atomic E-state index is 11.5. The number of nitrogens with one attached hydrogen (secondary N) is 3. The topological polar surface area (TPSA) is 87.0 Å². The lowest BCUT2D eigenvalue weighted by atomic mass is 10.1. The molecule has 0 unspecified atom stereocenters. The van der Waals surface area contributed by atoms with Gasteiger partial charge in [0.15, 0.2) is 0 Å². The molecule has 2 aromatic carbocycles. The van der Waals surface area contributed by atoms with Crippen LogP contribution >= 0.6 is 0 Å². The van der Waals surface area contributed by atoms with Crippen LogP contribution in [0.25, 0.3) is 21.8 Å². The van der Waals surface area contributed by atoms with Crippen LogP contribution in [0.2, 0.25) is 0 Å². The van der Waals surface area contributed by atoms with Gasteiger partial charge in [-0.3, -0.25) is 4.79 Å². The molecule has 0 aliphatic carbocycles. The predicted octanol–water partition coefficient (Wildman–Crippen LogP) is 5.22. The number of rotatable bonds is 4. The number of alkyl carbamates (subject to hydrolysis) is 1. The molecule has 0 saturated heterocycles. The number of hydrogen-bond acceptors (Lipinski definition) is 3. The Labute approximate surface area is 175 Å². The minimum atomic E-state index is -0.451. The minimum absolute atomic E-state index is 0.367. The second-order valence-corrected chi connectivity index (χ2v) is 8.02. The molecule has 6 heteroatoms. The molecule has 0 spiro atoms. The van der Waals surface area contributed by atoms with E-state index in [0.29, 0.717) is 12.1 Å². The number of aromatic amines is 2. The summed E-state index contributed by atoms with van der Waals surface area (Å²) in [6.07, 6.45) is 5.05. The molecule has 0 aliphatic rings. The van der Waals surface area contributed by atoms with E-state index in [1.807, 2.05) is 63.5 Å². The van der Waals surface area contributed by atoms with Crippen molar-refractivity contribution in [3.05, 3.63) is 72.1 Å². The van der Waals surface area contributed by atoms with Crippen molar-refractivity contribution in [1.29, 1.82) is 0 Å². The van der Waals surface area contributed by atoms with Crippen LogP contribution in [0.15, 0.2) is 60.9 Å². The Balaban J connectivity index is 0.000000196. The number of aldehydes is 1. The van der Waals surface area contributed by atoms with Crippen LogP contribution < -0.4 is 5.32 Å². The SMILES string of the molecule is CC(C)(C)OC(=O)NCCc1ccc2cc[nH]c2c1.O=Cc1ccc2cc[nH]c2c1. The van der Waals surface area contributed by atoms with Gasteiger partial charge in [-0.1, -0.05) is 24.3 Å². The van der Waals surface area contributed by atoms with Gasteiger partial charge in [0.05, 0.1) is 0 Å². The number of aromatic nitrogens is 2. The summed E-state index contributed by atoms with van der Waals surface area (Å²) in [4.78, 5) is 28.1. The Bertz CT molecular complexity index is 1140. The maximum atomic E-state index is 11.5. The van der Waals surface area contributed by atoms with Crippen LogP contribution in [0.4, 0.5) is 4.79 Å². The predicted molar refractivity (Wildman–Crippen MR) is 120 cm³/mol. The number of fused-ring (bicyclic) bond motifs is 2. The first kappa shape index (κ1) is 21.2. The normalized spacial score (nSPS) is 11.0. The Morgan fingerprint density at radius 2 is 1.60 bits per heavy atom. The largest absolute Gasteiger partial charge is 0.444 e. The number of hydrogen-bond donors (Lipinski definition) is 3. The molecule has 1 amide bonds. The average Bonchev–Trinajstić information content (AvgIpc) is 3.35. The van der Waals surface area contributed by atoms with E-state index in [1.165, 1.54) is 10.9 Å². The van der Waals surface area contributed by atoms with Gasteiger partial charge in [-0.15, -0.1) is 0 Å². The highest BCUT2D eigenvalue weighted by atomic mass is 16.6. The number of amides is 1. The van der Waals surface area contributed by atoms with Crippen LogP contribution in [0.3, 0.4) is 0 Å². The number of carbonyl (C=O) groups is 2. The first-order valence-corrected chi connectivity index (χ1v) is 9.89. The monoisotopic (exact) mass is 405 g/mol. The highest BCUT2D eigenvalue weighted by Crippen LogP contribution is 2.14. The van der Waals surface area contributed by atoms with E-state index in [2.05, 4.69) is 33.5 Å². The Kier molecular flexibility index (Phi) is 6.57. The molecule has 3 N–H and O–H groups in total. The second kappa shape index (κ2) is 9.31.